The highest BCUT2D eigenvalue weighted by atomic mass is 16.4. The van der Waals surface area contributed by atoms with E-state index in [1.807, 2.05) is 0 Å². The third-order valence-electron chi connectivity index (χ3n) is 4.54. The zero-order valence-electron chi connectivity index (χ0n) is 16.7. The first-order valence-corrected chi connectivity index (χ1v) is 9.50. The lowest BCUT2D eigenvalue weighted by Gasteiger charge is -2.33. The summed E-state index contributed by atoms with van der Waals surface area (Å²) in [6.45, 7) is 0.905. The number of carboxylic acids is 3. The van der Waals surface area contributed by atoms with E-state index in [2.05, 4.69) is 5.32 Å². The van der Waals surface area contributed by atoms with Gasteiger partial charge < -0.3 is 30.3 Å². The summed E-state index contributed by atoms with van der Waals surface area (Å²) in [7, 11) is 0. The summed E-state index contributed by atoms with van der Waals surface area (Å²) >= 11 is 0. The number of hydrogen-bond donors (Lipinski definition) is 4. The van der Waals surface area contributed by atoms with Crippen LogP contribution in [0.3, 0.4) is 0 Å². The molecule has 13 nitrogen and oxygen atoms in total. The molecule has 0 saturated carbocycles. The first-order valence-electron chi connectivity index (χ1n) is 9.50. The third kappa shape index (κ3) is 10.7. The Bertz CT molecular complexity index is 585. The Labute approximate surface area is 173 Å². The summed E-state index contributed by atoms with van der Waals surface area (Å²) < 4.78 is 0. The van der Waals surface area contributed by atoms with Gasteiger partial charge in [-0.1, -0.05) is 0 Å². The molecule has 0 aromatic rings. The molecule has 4 N–H and O–H groups in total. The van der Waals surface area contributed by atoms with Crippen LogP contribution in [0.1, 0.15) is 0 Å². The predicted molar refractivity (Wildman–Crippen MR) is 103 cm³/mol. The van der Waals surface area contributed by atoms with Gasteiger partial charge >= 0.3 is 23.9 Å². The van der Waals surface area contributed by atoms with Crippen LogP contribution in [-0.4, -0.2) is 144 Å². The number of urea groups is 1. The number of aldehydes is 1. The zero-order chi connectivity index (χ0) is 22.5. The molecule has 2 amide bonds. The molecule has 0 spiro atoms. The summed E-state index contributed by atoms with van der Waals surface area (Å²) in [6.07, 6.45) is 0.541. The van der Waals surface area contributed by atoms with Crippen molar-refractivity contribution in [1.29, 1.82) is 0 Å². The summed E-state index contributed by atoms with van der Waals surface area (Å²) in [5.41, 5.74) is 0. The number of aliphatic carboxylic acids is 3. The fourth-order valence-corrected chi connectivity index (χ4v) is 3.03. The number of rotatable bonds is 8. The van der Waals surface area contributed by atoms with Gasteiger partial charge in [-0.2, -0.15) is 0 Å². The molecule has 0 radical (unpaired) electrons. The van der Waals surface area contributed by atoms with Gasteiger partial charge in [-0.25, -0.2) is 4.79 Å². The molecular weight excluding hydrogens is 402 g/mol. The molecule has 0 unspecified atom stereocenters. The maximum absolute atomic E-state index is 12.3. The van der Waals surface area contributed by atoms with Gasteiger partial charge in [0.2, 0.25) is 0 Å². The first-order chi connectivity index (χ1) is 14.2. The Kier molecular flexibility index (Phi) is 11.3. The molecule has 0 aliphatic carbocycles. The van der Waals surface area contributed by atoms with Crippen LogP contribution in [0.25, 0.3) is 0 Å². The Morgan fingerprint density at radius 1 is 0.667 bits per heavy atom. The highest BCUT2D eigenvalue weighted by Crippen LogP contribution is 2.01. The highest BCUT2D eigenvalue weighted by molar-refractivity contribution is 5.76. The third-order valence-corrected chi connectivity index (χ3v) is 4.54. The van der Waals surface area contributed by atoms with Gasteiger partial charge in [0.05, 0.1) is 26.2 Å². The van der Waals surface area contributed by atoms with E-state index in [1.165, 1.54) is 4.90 Å². The Morgan fingerprint density at radius 3 is 1.30 bits per heavy atom. The van der Waals surface area contributed by atoms with Gasteiger partial charge in [-0.05, 0) is 0 Å². The quantitative estimate of drug-likeness (QED) is 0.296. The molecular formula is C17H29N5O8. The normalized spacial score (nSPS) is 18.1. The van der Waals surface area contributed by atoms with Crippen LogP contribution in [0.5, 0.6) is 0 Å². The van der Waals surface area contributed by atoms with Crippen LogP contribution in [0.4, 0.5) is 4.79 Å². The van der Waals surface area contributed by atoms with Crippen molar-refractivity contribution in [3.8, 4) is 0 Å². The molecule has 1 aliphatic heterocycles. The maximum atomic E-state index is 12.3. The fraction of sp³-hybridized carbons (Fsp3) is 0.706. The number of carbonyl (C=O) groups excluding carboxylic acids is 2. The molecule has 13 heteroatoms. The average molecular weight is 431 g/mol. The van der Waals surface area contributed by atoms with Crippen LogP contribution in [-0.2, 0) is 19.2 Å². The average Bonchev–Trinajstić information content (AvgIpc) is 2.64. The number of nitrogens with one attached hydrogen (secondary N) is 1. The van der Waals surface area contributed by atoms with Crippen molar-refractivity contribution in [2.45, 2.75) is 0 Å². The molecule has 1 fully saturated rings. The minimum atomic E-state index is -1.04. The minimum Gasteiger partial charge on any atom is -0.480 e. The maximum Gasteiger partial charge on any atom is 0.317 e. The molecule has 30 heavy (non-hydrogen) atoms. The molecule has 1 heterocycles. The number of nitrogens with zero attached hydrogens (tertiary/aromatic N) is 4. The first kappa shape index (κ1) is 25.3. The van der Waals surface area contributed by atoms with E-state index in [4.69, 9.17) is 15.3 Å². The van der Waals surface area contributed by atoms with E-state index < -0.39 is 23.9 Å². The van der Waals surface area contributed by atoms with Crippen molar-refractivity contribution >= 4 is 30.2 Å². The second kappa shape index (κ2) is 13.5. The van der Waals surface area contributed by atoms with E-state index in [9.17, 15) is 24.0 Å². The molecule has 0 bridgehead atoms. The van der Waals surface area contributed by atoms with E-state index in [-0.39, 0.29) is 78.5 Å². The largest absolute Gasteiger partial charge is 0.480 e. The molecule has 0 aromatic heterocycles. The van der Waals surface area contributed by atoms with Crippen LogP contribution in [0.2, 0.25) is 0 Å². The summed E-state index contributed by atoms with van der Waals surface area (Å²) in [5.74, 6) is -3.12. The van der Waals surface area contributed by atoms with Gasteiger partial charge in [0.1, 0.15) is 6.29 Å². The number of carbonyl (C=O) groups is 5. The van der Waals surface area contributed by atoms with Crippen molar-refractivity contribution in [3.63, 3.8) is 0 Å². The lowest BCUT2D eigenvalue weighted by atomic mass is 10.3. The van der Waals surface area contributed by atoms with Crippen molar-refractivity contribution in [2.24, 2.45) is 0 Å². The molecule has 0 aromatic carbocycles. The Balaban J connectivity index is 2.96. The zero-order valence-corrected chi connectivity index (χ0v) is 16.7. The highest BCUT2D eigenvalue weighted by Gasteiger charge is 2.21. The van der Waals surface area contributed by atoms with Crippen molar-refractivity contribution < 1.29 is 39.3 Å². The van der Waals surface area contributed by atoms with Crippen molar-refractivity contribution in [3.05, 3.63) is 0 Å². The van der Waals surface area contributed by atoms with Gasteiger partial charge in [0, 0.05) is 52.4 Å². The second-order valence-electron chi connectivity index (χ2n) is 6.85. The van der Waals surface area contributed by atoms with E-state index in [1.54, 1.807) is 14.7 Å². The molecule has 170 valence electrons. The van der Waals surface area contributed by atoms with Gasteiger partial charge in [0.15, 0.2) is 0 Å². The molecule has 1 saturated heterocycles. The number of amides is 2. The lowest BCUT2D eigenvalue weighted by molar-refractivity contribution is -0.140. The predicted octanol–water partition coefficient (Wildman–Crippen LogP) is -2.63. The molecule has 0 atom stereocenters. The molecule has 1 aliphatic rings. The summed E-state index contributed by atoms with van der Waals surface area (Å²) in [5, 5.41) is 29.8. The monoisotopic (exact) mass is 431 g/mol. The van der Waals surface area contributed by atoms with Crippen LogP contribution in [0, 0.1) is 0 Å². The van der Waals surface area contributed by atoms with E-state index in [0.717, 1.165) is 0 Å². The SMILES string of the molecule is O=CCNC(=O)N1CCN(CC(=O)O)CCN(CC(=O)O)CCN(CC(=O)O)CC1. The summed E-state index contributed by atoms with van der Waals surface area (Å²) in [6, 6.07) is -0.503. The van der Waals surface area contributed by atoms with Crippen LogP contribution in [0.15, 0.2) is 0 Å². The van der Waals surface area contributed by atoms with E-state index >= 15 is 0 Å². The lowest BCUT2D eigenvalue weighted by Crippen LogP contribution is -2.51. The minimum absolute atomic E-state index is 0.164. The fourth-order valence-electron chi connectivity index (χ4n) is 3.03. The van der Waals surface area contributed by atoms with Gasteiger partial charge in [-0.15, -0.1) is 0 Å². The van der Waals surface area contributed by atoms with Gasteiger partial charge in [-0.3, -0.25) is 29.1 Å². The smallest absolute Gasteiger partial charge is 0.317 e. The molecule has 1 rings (SSSR count). The number of hydrogen-bond acceptors (Lipinski definition) is 8. The summed E-state index contributed by atoms with van der Waals surface area (Å²) in [4.78, 5) is 62.5. The van der Waals surface area contributed by atoms with E-state index in [0.29, 0.717) is 6.29 Å². The number of carboxylic acid groups (broad SMARTS) is 3. The second-order valence-corrected chi connectivity index (χ2v) is 6.85. The van der Waals surface area contributed by atoms with Crippen molar-refractivity contribution in [1.82, 2.24) is 24.9 Å². The standard InChI is InChI=1S/C17H29N5O8/c23-10-1-18-17(30)22-8-6-20(12-15(26)27)4-2-19(11-14(24)25)3-5-21(7-9-22)13-16(28)29/h10H,1-9,11-13H2,(H,18,30)(H,24,25)(H,26,27)(H,28,29). The Morgan fingerprint density at radius 2 is 1.00 bits per heavy atom. The Hall–Kier alpha value is -2.77. The van der Waals surface area contributed by atoms with Crippen molar-refractivity contribution in [2.75, 3.05) is 78.5 Å². The van der Waals surface area contributed by atoms with Crippen LogP contribution >= 0.6 is 0 Å². The van der Waals surface area contributed by atoms with Gasteiger partial charge in [0.25, 0.3) is 0 Å². The van der Waals surface area contributed by atoms with Crippen LogP contribution < -0.4 is 5.32 Å². The topological polar surface area (TPSA) is 171 Å².